The van der Waals surface area contributed by atoms with Crippen molar-refractivity contribution in [3.05, 3.63) is 54.5 Å². The lowest BCUT2D eigenvalue weighted by atomic mass is 9.90. The van der Waals surface area contributed by atoms with Crippen LogP contribution < -0.4 is 5.32 Å². The number of aromatic nitrogens is 4. The SMILES string of the molecule is N#CCC(C1CCOCC1)n1cc(-c2ccnc(Nc3ccc(C(=O)N4CCCC4)cc3)n2)cn1. The summed E-state index contributed by atoms with van der Waals surface area (Å²) in [4.78, 5) is 23.5. The van der Waals surface area contributed by atoms with E-state index < -0.39 is 0 Å². The number of nitriles is 1. The molecule has 1 aromatic carbocycles. The van der Waals surface area contributed by atoms with E-state index in [1.807, 2.05) is 46.1 Å². The zero-order valence-corrected chi connectivity index (χ0v) is 19.6. The normalized spacial score (nSPS) is 17.2. The largest absolute Gasteiger partial charge is 0.381 e. The van der Waals surface area contributed by atoms with Crippen molar-refractivity contribution >= 4 is 17.5 Å². The second-order valence-electron chi connectivity index (χ2n) is 9.06. The summed E-state index contributed by atoms with van der Waals surface area (Å²) < 4.78 is 7.39. The number of amides is 1. The highest BCUT2D eigenvalue weighted by molar-refractivity contribution is 5.94. The molecule has 2 aliphatic rings. The van der Waals surface area contributed by atoms with Crippen molar-refractivity contribution in [3.63, 3.8) is 0 Å². The number of hydrogen-bond donors (Lipinski definition) is 1. The fraction of sp³-hybridized carbons (Fsp3) is 0.423. The molecule has 1 unspecified atom stereocenters. The monoisotopic (exact) mass is 471 g/mol. The van der Waals surface area contributed by atoms with Crippen molar-refractivity contribution in [3.8, 4) is 17.3 Å². The standard InChI is InChI=1S/C26H29N7O2/c27-11-7-24(19-9-15-35-16-10-19)33-18-21(17-29-33)23-8-12-28-26(31-23)30-22-5-3-20(4-6-22)25(34)32-13-1-2-14-32/h3-6,8,12,17-19,24H,1-2,7,9-10,13-16H2,(H,28,30,31). The zero-order chi connectivity index (χ0) is 24.0. The van der Waals surface area contributed by atoms with Crippen LogP contribution in [-0.4, -0.2) is 56.9 Å². The van der Waals surface area contributed by atoms with Crippen molar-refractivity contribution in [2.75, 3.05) is 31.6 Å². The van der Waals surface area contributed by atoms with Crippen LogP contribution >= 0.6 is 0 Å². The Balaban J connectivity index is 1.28. The van der Waals surface area contributed by atoms with Crippen LogP contribution in [0.1, 0.15) is 48.5 Å². The average molecular weight is 472 g/mol. The van der Waals surface area contributed by atoms with Gasteiger partial charge in [-0.2, -0.15) is 10.4 Å². The van der Waals surface area contributed by atoms with Crippen molar-refractivity contribution in [2.24, 2.45) is 5.92 Å². The first-order valence-corrected chi connectivity index (χ1v) is 12.2. The topological polar surface area (TPSA) is 109 Å². The Morgan fingerprint density at radius 3 is 2.69 bits per heavy atom. The molecule has 1 amide bonds. The number of carbonyl (C=O) groups is 1. The number of benzene rings is 1. The smallest absolute Gasteiger partial charge is 0.253 e. The summed E-state index contributed by atoms with van der Waals surface area (Å²) in [6.07, 6.45) is 9.89. The predicted octanol–water partition coefficient (Wildman–Crippen LogP) is 4.20. The van der Waals surface area contributed by atoms with Crippen LogP contribution in [0.3, 0.4) is 0 Å². The molecule has 0 spiro atoms. The number of hydrogen-bond acceptors (Lipinski definition) is 7. The molecule has 5 rings (SSSR count). The van der Waals surface area contributed by atoms with E-state index in [-0.39, 0.29) is 11.9 Å². The highest BCUT2D eigenvalue weighted by Gasteiger charge is 2.26. The molecule has 9 nitrogen and oxygen atoms in total. The van der Waals surface area contributed by atoms with E-state index in [0.29, 0.717) is 23.9 Å². The Kier molecular flexibility index (Phi) is 7.00. The van der Waals surface area contributed by atoms with Crippen LogP contribution in [-0.2, 0) is 4.74 Å². The molecular weight excluding hydrogens is 442 g/mol. The molecule has 3 aromatic rings. The molecule has 35 heavy (non-hydrogen) atoms. The first kappa shape index (κ1) is 23.0. The van der Waals surface area contributed by atoms with E-state index in [4.69, 9.17) is 4.74 Å². The van der Waals surface area contributed by atoms with Crippen LogP contribution in [0.2, 0.25) is 0 Å². The van der Waals surface area contributed by atoms with E-state index >= 15 is 0 Å². The number of ether oxygens (including phenoxy) is 1. The molecule has 0 saturated carbocycles. The predicted molar refractivity (Wildman–Crippen MR) is 131 cm³/mol. The lowest BCUT2D eigenvalue weighted by Crippen LogP contribution is -2.27. The van der Waals surface area contributed by atoms with Gasteiger partial charge in [0.1, 0.15) is 0 Å². The van der Waals surface area contributed by atoms with E-state index in [9.17, 15) is 10.1 Å². The molecule has 2 aromatic heterocycles. The number of anilines is 2. The van der Waals surface area contributed by atoms with Gasteiger partial charge in [0, 0.05) is 55.5 Å². The second-order valence-corrected chi connectivity index (χ2v) is 9.06. The first-order chi connectivity index (χ1) is 17.2. The van der Waals surface area contributed by atoms with Gasteiger partial charge < -0.3 is 15.0 Å². The molecule has 180 valence electrons. The molecular formula is C26H29N7O2. The van der Waals surface area contributed by atoms with Crippen molar-refractivity contribution in [2.45, 2.75) is 38.1 Å². The maximum atomic E-state index is 12.6. The lowest BCUT2D eigenvalue weighted by Gasteiger charge is -2.29. The van der Waals surface area contributed by atoms with Gasteiger partial charge in [-0.3, -0.25) is 9.48 Å². The Bertz CT molecular complexity index is 1190. The molecule has 0 radical (unpaired) electrons. The van der Waals surface area contributed by atoms with E-state index in [2.05, 4.69) is 26.5 Å². The average Bonchev–Trinajstić information content (AvgIpc) is 3.61. The maximum absolute atomic E-state index is 12.6. The van der Waals surface area contributed by atoms with Crippen LogP contribution in [0.5, 0.6) is 0 Å². The van der Waals surface area contributed by atoms with Crippen LogP contribution in [0.15, 0.2) is 48.9 Å². The van der Waals surface area contributed by atoms with Gasteiger partial charge >= 0.3 is 0 Å². The Labute approximate surface area is 204 Å². The molecule has 2 aliphatic heterocycles. The Morgan fingerprint density at radius 2 is 1.94 bits per heavy atom. The van der Waals surface area contributed by atoms with Gasteiger partial charge in [0.05, 0.1) is 30.4 Å². The van der Waals surface area contributed by atoms with Crippen molar-refractivity contribution < 1.29 is 9.53 Å². The molecule has 1 N–H and O–H groups in total. The summed E-state index contributed by atoms with van der Waals surface area (Å²) in [7, 11) is 0. The van der Waals surface area contributed by atoms with Crippen molar-refractivity contribution in [1.29, 1.82) is 5.26 Å². The number of carbonyl (C=O) groups excluding carboxylic acids is 1. The third-order valence-corrected chi connectivity index (χ3v) is 6.78. The van der Waals surface area contributed by atoms with E-state index in [0.717, 1.165) is 68.9 Å². The second kappa shape index (κ2) is 10.7. The number of rotatable bonds is 7. The minimum Gasteiger partial charge on any atom is -0.381 e. The number of nitrogens with one attached hydrogen (secondary N) is 1. The number of likely N-dealkylation sites (tertiary alicyclic amines) is 1. The third-order valence-electron chi connectivity index (χ3n) is 6.78. The summed E-state index contributed by atoms with van der Waals surface area (Å²) in [6.45, 7) is 3.13. The van der Waals surface area contributed by atoms with Gasteiger partial charge in [0.15, 0.2) is 0 Å². The molecule has 2 fully saturated rings. The first-order valence-electron chi connectivity index (χ1n) is 12.2. The quantitative estimate of drug-likeness (QED) is 0.550. The molecule has 2 saturated heterocycles. The van der Waals surface area contributed by atoms with Gasteiger partial charge in [-0.1, -0.05) is 0 Å². The van der Waals surface area contributed by atoms with Gasteiger partial charge in [-0.25, -0.2) is 9.97 Å². The zero-order valence-electron chi connectivity index (χ0n) is 19.6. The highest BCUT2D eigenvalue weighted by atomic mass is 16.5. The number of nitrogens with zero attached hydrogens (tertiary/aromatic N) is 6. The van der Waals surface area contributed by atoms with Gasteiger partial charge in [0.25, 0.3) is 5.91 Å². The fourth-order valence-corrected chi connectivity index (χ4v) is 4.83. The molecule has 0 bridgehead atoms. The van der Waals surface area contributed by atoms with Crippen LogP contribution in [0.4, 0.5) is 11.6 Å². The summed E-state index contributed by atoms with van der Waals surface area (Å²) in [6, 6.07) is 11.6. The molecule has 1 atom stereocenters. The van der Waals surface area contributed by atoms with Gasteiger partial charge in [0.2, 0.25) is 5.95 Å². The van der Waals surface area contributed by atoms with Crippen LogP contribution in [0.25, 0.3) is 11.3 Å². The summed E-state index contributed by atoms with van der Waals surface area (Å²) in [5.41, 5.74) is 3.12. The lowest BCUT2D eigenvalue weighted by molar-refractivity contribution is 0.0473. The summed E-state index contributed by atoms with van der Waals surface area (Å²) in [5, 5.41) is 17.1. The third kappa shape index (κ3) is 5.33. The Morgan fingerprint density at radius 1 is 1.17 bits per heavy atom. The van der Waals surface area contributed by atoms with Crippen molar-refractivity contribution in [1.82, 2.24) is 24.6 Å². The summed E-state index contributed by atoms with van der Waals surface area (Å²) in [5.74, 6) is 0.922. The maximum Gasteiger partial charge on any atom is 0.253 e. The molecule has 4 heterocycles. The summed E-state index contributed by atoms with van der Waals surface area (Å²) >= 11 is 0. The molecule has 0 aliphatic carbocycles. The van der Waals surface area contributed by atoms with Gasteiger partial charge in [-0.05, 0) is 61.9 Å². The molecule has 9 heteroatoms. The minimum atomic E-state index is 0.0267. The van der Waals surface area contributed by atoms with Crippen LogP contribution in [0, 0.1) is 17.2 Å². The van der Waals surface area contributed by atoms with E-state index in [1.165, 1.54) is 0 Å². The van der Waals surface area contributed by atoms with Gasteiger partial charge in [-0.15, -0.1) is 0 Å². The Hall–Kier alpha value is -3.77. The fourth-order valence-electron chi connectivity index (χ4n) is 4.83. The van der Waals surface area contributed by atoms with E-state index in [1.54, 1.807) is 12.4 Å². The minimum absolute atomic E-state index is 0.0267. The highest BCUT2D eigenvalue weighted by Crippen LogP contribution is 2.31.